The summed E-state index contributed by atoms with van der Waals surface area (Å²) in [5, 5.41) is 0.681. The normalized spacial score (nSPS) is 19.7. The lowest BCUT2D eigenvalue weighted by atomic mass is 9.80. The molecule has 2 aromatic rings. The molecule has 0 saturated carbocycles. The van der Waals surface area contributed by atoms with Gasteiger partial charge in [-0.3, -0.25) is 0 Å². The molecule has 1 aliphatic heterocycles. The molecule has 4 heteroatoms. The Morgan fingerprint density at radius 3 is 2.40 bits per heavy atom. The van der Waals surface area contributed by atoms with Crippen LogP contribution in [-0.4, -0.2) is 31.5 Å². The molecule has 1 heterocycles. The van der Waals surface area contributed by atoms with Gasteiger partial charge in [-0.25, -0.2) is 4.79 Å². The molecule has 1 atom stereocenters. The number of esters is 1. The van der Waals surface area contributed by atoms with E-state index in [0.29, 0.717) is 17.0 Å². The Morgan fingerprint density at radius 2 is 1.76 bits per heavy atom. The largest absolute Gasteiger partial charge is 0.450 e. The van der Waals surface area contributed by atoms with Crippen LogP contribution in [0.25, 0.3) is 0 Å². The first-order chi connectivity index (χ1) is 11.8. The lowest BCUT2D eigenvalue weighted by molar-refractivity contribution is -0.0355. The van der Waals surface area contributed by atoms with Gasteiger partial charge in [-0.2, -0.15) is 0 Å². The summed E-state index contributed by atoms with van der Waals surface area (Å²) in [4.78, 5) is 14.9. The van der Waals surface area contributed by atoms with E-state index < -0.39 is 5.60 Å². The minimum Gasteiger partial charge on any atom is -0.450 e. The molecule has 0 aromatic heterocycles. The number of cyclic esters (lactones) is 1. The number of carbonyl (C=O) groups is 1. The van der Waals surface area contributed by atoms with E-state index in [1.165, 1.54) is 5.56 Å². The van der Waals surface area contributed by atoms with E-state index in [1.807, 2.05) is 51.4 Å². The molecule has 2 aromatic carbocycles. The Labute approximate surface area is 154 Å². The van der Waals surface area contributed by atoms with E-state index in [1.54, 1.807) is 0 Å². The third-order valence-corrected chi connectivity index (χ3v) is 5.29. The van der Waals surface area contributed by atoms with Crippen molar-refractivity contribution in [2.24, 2.45) is 0 Å². The van der Waals surface area contributed by atoms with Crippen molar-refractivity contribution < 1.29 is 9.53 Å². The van der Waals surface area contributed by atoms with Gasteiger partial charge in [0.1, 0.15) is 5.60 Å². The zero-order chi connectivity index (χ0) is 18.2. The lowest BCUT2D eigenvalue weighted by Crippen LogP contribution is -2.41. The highest BCUT2D eigenvalue weighted by Crippen LogP contribution is 2.40. The van der Waals surface area contributed by atoms with Crippen LogP contribution >= 0.6 is 11.6 Å². The smallest absolute Gasteiger partial charge is 0.339 e. The molecule has 0 aliphatic carbocycles. The number of halogens is 1. The van der Waals surface area contributed by atoms with Crippen molar-refractivity contribution in [3.05, 3.63) is 69.2 Å². The second-order valence-electron chi connectivity index (χ2n) is 7.21. The van der Waals surface area contributed by atoms with E-state index in [4.69, 9.17) is 16.3 Å². The fourth-order valence-electron chi connectivity index (χ4n) is 3.39. The van der Waals surface area contributed by atoms with Gasteiger partial charge in [0.25, 0.3) is 0 Å². The number of hydrogen-bond acceptors (Lipinski definition) is 3. The first kappa shape index (κ1) is 18.0. The number of fused-ring (bicyclic) bond motifs is 1. The van der Waals surface area contributed by atoms with Crippen molar-refractivity contribution in [2.45, 2.75) is 32.3 Å². The van der Waals surface area contributed by atoms with E-state index in [-0.39, 0.29) is 5.97 Å². The van der Waals surface area contributed by atoms with Crippen LogP contribution in [0.4, 0.5) is 0 Å². The van der Waals surface area contributed by atoms with Gasteiger partial charge in [-0.05, 0) is 68.4 Å². The van der Waals surface area contributed by atoms with Gasteiger partial charge in [0.15, 0.2) is 0 Å². The summed E-state index contributed by atoms with van der Waals surface area (Å²) in [6.45, 7) is 4.94. The summed E-state index contributed by atoms with van der Waals surface area (Å²) in [5.74, 6) is -0.238. The van der Waals surface area contributed by atoms with Crippen molar-refractivity contribution in [2.75, 3.05) is 20.6 Å². The van der Waals surface area contributed by atoms with Gasteiger partial charge in [-0.15, -0.1) is 0 Å². The Bertz CT molecular complexity index is 798. The Hall–Kier alpha value is -1.84. The first-order valence-corrected chi connectivity index (χ1v) is 8.93. The van der Waals surface area contributed by atoms with Crippen LogP contribution in [0.15, 0.2) is 36.4 Å². The first-order valence-electron chi connectivity index (χ1n) is 8.55. The molecule has 3 nitrogen and oxygen atoms in total. The van der Waals surface area contributed by atoms with Gasteiger partial charge in [0, 0.05) is 24.4 Å². The summed E-state index contributed by atoms with van der Waals surface area (Å²) < 4.78 is 6.06. The SMILES string of the molecule is Cc1cc2c(cc1C)C(=O)O[C@](CCN(C)C)(c1ccc(Cl)cc1)C2. The molecule has 0 saturated heterocycles. The highest BCUT2D eigenvalue weighted by Gasteiger charge is 2.41. The second-order valence-corrected chi connectivity index (χ2v) is 7.65. The summed E-state index contributed by atoms with van der Waals surface area (Å²) in [7, 11) is 4.06. The molecule has 0 amide bonds. The molecule has 0 unspecified atom stereocenters. The number of ether oxygens (including phenoxy) is 1. The van der Waals surface area contributed by atoms with Crippen molar-refractivity contribution in [1.82, 2.24) is 4.90 Å². The van der Waals surface area contributed by atoms with Crippen LogP contribution in [0.3, 0.4) is 0 Å². The molecule has 1 aliphatic rings. The van der Waals surface area contributed by atoms with Crippen LogP contribution in [0, 0.1) is 13.8 Å². The molecular formula is C21H24ClNO2. The zero-order valence-electron chi connectivity index (χ0n) is 15.2. The van der Waals surface area contributed by atoms with Crippen LogP contribution in [0.5, 0.6) is 0 Å². The molecule has 25 heavy (non-hydrogen) atoms. The van der Waals surface area contributed by atoms with Gasteiger partial charge in [0.05, 0.1) is 5.56 Å². The Kier molecular flexibility index (Phi) is 4.90. The maximum absolute atomic E-state index is 12.8. The maximum Gasteiger partial charge on any atom is 0.339 e. The fraction of sp³-hybridized carbons (Fsp3) is 0.381. The van der Waals surface area contributed by atoms with Crippen LogP contribution in [0.1, 0.15) is 39.0 Å². The third-order valence-electron chi connectivity index (χ3n) is 5.04. The molecule has 0 N–H and O–H groups in total. The number of nitrogens with zero attached hydrogens (tertiary/aromatic N) is 1. The molecule has 3 rings (SSSR count). The quantitative estimate of drug-likeness (QED) is 0.753. The summed E-state index contributed by atoms with van der Waals surface area (Å²) >= 11 is 6.06. The van der Waals surface area contributed by atoms with Gasteiger partial charge < -0.3 is 9.64 Å². The van der Waals surface area contributed by atoms with Gasteiger partial charge in [-0.1, -0.05) is 29.8 Å². The van der Waals surface area contributed by atoms with Crippen molar-refractivity contribution >= 4 is 17.6 Å². The van der Waals surface area contributed by atoms with E-state index in [2.05, 4.69) is 17.9 Å². The molecule has 0 fully saturated rings. The standard InChI is InChI=1S/C21H24ClNO2/c1-14-11-16-13-21(9-10-23(3)4,17-5-7-18(22)8-6-17)25-20(24)19(16)12-15(14)2/h5-8,11-12H,9-10,13H2,1-4H3/t21-/m0/s1. The maximum atomic E-state index is 12.8. The number of rotatable bonds is 4. The summed E-state index contributed by atoms with van der Waals surface area (Å²) in [6, 6.07) is 11.7. The monoisotopic (exact) mass is 357 g/mol. The van der Waals surface area contributed by atoms with Crippen LogP contribution in [0.2, 0.25) is 5.02 Å². The number of benzene rings is 2. The summed E-state index contributed by atoms with van der Waals surface area (Å²) in [5.41, 5.74) is 4.41. The zero-order valence-corrected chi connectivity index (χ0v) is 16.0. The van der Waals surface area contributed by atoms with Crippen molar-refractivity contribution in [1.29, 1.82) is 0 Å². The van der Waals surface area contributed by atoms with Crippen LogP contribution < -0.4 is 0 Å². The lowest BCUT2D eigenvalue weighted by Gasteiger charge is -2.39. The number of aryl methyl sites for hydroxylation is 2. The summed E-state index contributed by atoms with van der Waals surface area (Å²) in [6.07, 6.45) is 1.42. The molecule has 0 radical (unpaired) electrons. The van der Waals surface area contributed by atoms with Crippen molar-refractivity contribution in [3.63, 3.8) is 0 Å². The molecule has 132 valence electrons. The van der Waals surface area contributed by atoms with Gasteiger partial charge in [0.2, 0.25) is 0 Å². The van der Waals surface area contributed by atoms with Crippen molar-refractivity contribution in [3.8, 4) is 0 Å². The Morgan fingerprint density at radius 1 is 1.12 bits per heavy atom. The predicted octanol–water partition coefficient (Wildman–Crippen LogP) is 4.52. The van der Waals surface area contributed by atoms with E-state index >= 15 is 0 Å². The van der Waals surface area contributed by atoms with E-state index in [9.17, 15) is 4.79 Å². The average molecular weight is 358 g/mol. The highest BCUT2D eigenvalue weighted by atomic mass is 35.5. The minimum atomic E-state index is -0.652. The molecular weight excluding hydrogens is 334 g/mol. The fourth-order valence-corrected chi connectivity index (χ4v) is 3.52. The minimum absolute atomic E-state index is 0.238. The van der Waals surface area contributed by atoms with Crippen LogP contribution in [-0.2, 0) is 16.8 Å². The highest BCUT2D eigenvalue weighted by molar-refractivity contribution is 6.30. The Balaban J connectivity index is 2.07. The number of hydrogen-bond donors (Lipinski definition) is 0. The predicted molar refractivity (Wildman–Crippen MR) is 101 cm³/mol. The topological polar surface area (TPSA) is 29.5 Å². The third kappa shape index (κ3) is 3.58. The average Bonchev–Trinajstić information content (AvgIpc) is 2.55. The van der Waals surface area contributed by atoms with Gasteiger partial charge >= 0.3 is 5.97 Å². The second kappa shape index (κ2) is 6.81. The molecule has 0 spiro atoms. The number of carbonyl (C=O) groups excluding carboxylic acids is 1. The molecule has 0 bridgehead atoms. The van der Waals surface area contributed by atoms with E-state index in [0.717, 1.165) is 29.7 Å².